The van der Waals surface area contributed by atoms with Crippen molar-refractivity contribution in [3.63, 3.8) is 0 Å². The molecule has 0 unspecified atom stereocenters. The van der Waals surface area contributed by atoms with Gasteiger partial charge in [0.25, 0.3) is 0 Å². The second kappa shape index (κ2) is 2.94. The van der Waals surface area contributed by atoms with Crippen LogP contribution in [0.15, 0.2) is 48.6 Å². The summed E-state index contributed by atoms with van der Waals surface area (Å²) in [6.07, 6.45) is 21.4. The zero-order valence-corrected chi connectivity index (χ0v) is 23.4. The minimum Gasteiger partial charge on any atom is -1.00 e. The molecule has 0 nitrogen and oxygen atoms in total. The summed E-state index contributed by atoms with van der Waals surface area (Å²) in [5.74, 6) is 0. The molecule has 0 fully saturated rings. The van der Waals surface area contributed by atoms with Crippen LogP contribution in [0.1, 0.15) is 26.7 Å². The Bertz CT molecular complexity index is 735. The molecule has 0 spiro atoms. The molecule has 0 aromatic heterocycles. The van der Waals surface area contributed by atoms with Gasteiger partial charge in [-0.1, -0.05) is 0 Å². The van der Waals surface area contributed by atoms with Crippen molar-refractivity contribution in [3.05, 3.63) is 48.6 Å². The quantitative estimate of drug-likeness (QED) is 0.468. The molecular formula is C22H42Cl2Hf-2. The summed E-state index contributed by atoms with van der Waals surface area (Å²) in [5, 5.41) is 0. The molecule has 2 rings (SSSR count). The van der Waals surface area contributed by atoms with Crippen molar-refractivity contribution in [2.24, 2.45) is 0 Å². The van der Waals surface area contributed by atoms with Gasteiger partial charge in [-0.2, -0.15) is 0 Å². The smallest absolute Gasteiger partial charge is 1.00 e. The van der Waals surface area contributed by atoms with Crippen molar-refractivity contribution in [2.45, 2.75) is 70.5 Å². The van der Waals surface area contributed by atoms with Gasteiger partial charge in [0.1, 0.15) is 0 Å². The van der Waals surface area contributed by atoms with E-state index in [9.17, 15) is 0 Å². The van der Waals surface area contributed by atoms with E-state index in [0.717, 1.165) is 12.8 Å². The van der Waals surface area contributed by atoms with Crippen molar-refractivity contribution < 1.29 is 36.0 Å². The average molecular weight is 556 g/mol. The third-order valence-electron chi connectivity index (χ3n) is 10.9. The molecule has 3 heteroatoms. The molecule has 0 radical (unpaired) electrons. The number of rotatable bonds is 4. The van der Waals surface area contributed by atoms with E-state index in [0.29, 0.717) is 0 Å². The summed E-state index contributed by atoms with van der Waals surface area (Å²) >= 11 is -5.94. The topological polar surface area (TPSA) is 0 Å². The summed E-state index contributed by atoms with van der Waals surface area (Å²) in [4.78, 5) is 0. The van der Waals surface area contributed by atoms with Gasteiger partial charge in [-0.3, -0.25) is 0 Å². The van der Waals surface area contributed by atoms with E-state index in [4.69, 9.17) is 0 Å². The molecule has 0 heterocycles. The minimum absolute atomic E-state index is 0. The summed E-state index contributed by atoms with van der Waals surface area (Å²) in [6, 6.07) is 0. The van der Waals surface area contributed by atoms with E-state index in [2.05, 4.69) is 99.9 Å². The van der Waals surface area contributed by atoms with Crippen molar-refractivity contribution in [1.29, 1.82) is 0 Å². The van der Waals surface area contributed by atoms with Crippen LogP contribution in [0.25, 0.3) is 0 Å². The summed E-state index contributed by atoms with van der Waals surface area (Å²) in [6.45, 7) is 4.74. The Morgan fingerprint density at radius 1 is 0.520 bits per heavy atom. The maximum atomic E-state index is 2.69. The summed E-state index contributed by atoms with van der Waals surface area (Å²) in [7, 11) is 0. The molecule has 2 aliphatic rings. The normalized spacial score (nSPS) is 31.0. The van der Waals surface area contributed by atoms with E-state index in [-0.39, 0.29) is 31.2 Å². The Labute approximate surface area is 154 Å². The number of hydrogen-bond donors (Lipinski definition) is 0. The van der Waals surface area contributed by atoms with Crippen LogP contribution in [0.2, 0.25) is 43.8 Å². The van der Waals surface area contributed by atoms with Gasteiger partial charge in [-0.25, -0.2) is 0 Å². The van der Waals surface area contributed by atoms with Crippen LogP contribution in [-0.2, 0) is 11.2 Å². The molecule has 0 aliphatic heterocycles. The third kappa shape index (κ3) is 1.99. The minimum atomic E-state index is -5.94. The van der Waals surface area contributed by atoms with Crippen LogP contribution >= 0.6 is 0 Å². The molecule has 0 atom stereocenters. The van der Waals surface area contributed by atoms with Crippen molar-refractivity contribution in [2.75, 3.05) is 0 Å². The first-order valence-electron chi connectivity index (χ1n) is 9.78. The van der Waals surface area contributed by atoms with E-state index in [1.54, 1.807) is 0 Å². The summed E-state index contributed by atoms with van der Waals surface area (Å²) < 4.78 is 21.5. The zero-order valence-electron chi connectivity index (χ0n) is 18.3. The van der Waals surface area contributed by atoms with Gasteiger partial charge >= 0.3 is 130 Å². The van der Waals surface area contributed by atoms with E-state index < -0.39 is 11.2 Å². The predicted octanol–water partition coefficient (Wildman–Crippen LogP) is 3.14. The van der Waals surface area contributed by atoms with Gasteiger partial charge in [0.05, 0.1) is 0 Å². The maximum absolute atomic E-state index is 5.94. The third-order valence-corrected chi connectivity index (χ3v) is 72.7. The van der Waals surface area contributed by atoms with Crippen molar-refractivity contribution in [1.82, 2.24) is 0 Å². The molecule has 0 aromatic rings. The Morgan fingerprint density at radius 3 is 0.880 bits per heavy atom. The van der Waals surface area contributed by atoms with E-state index in [1.165, 1.54) is 0 Å². The van der Waals surface area contributed by atoms with Gasteiger partial charge in [0.15, 0.2) is 0 Å². The monoisotopic (exact) mass is 556 g/mol. The molecule has 150 valence electrons. The van der Waals surface area contributed by atoms with Gasteiger partial charge in [0, 0.05) is 0 Å². The molecule has 0 N–H and O–H groups in total. The number of allylic oxidation sites excluding steroid dienone is 8. The fourth-order valence-corrected chi connectivity index (χ4v) is 54.2. The largest absolute Gasteiger partial charge is 1.00 e. The SMILES string of the molecule is CC[C]1([Hf]([CH3])([CH3])([CH3])([CH3])([CH3])([CH3])([CH3])([CH3])[C]2(CC)C=CC=C2)C=CC=C1.[Cl-].[Cl-]. The standard InChI is InChI=1S/2C7H9.8CH3.2ClH.Hf/c2*1-2-7-5-3-4-6-7;;;;;;;;;;;/h2*3-6H,2H2,1H3;8*1H3;2*1H;/p-2. The van der Waals surface area contributed by atoms with Gasteiger partial charge in [-0.15, -0.1) is 0 Å². The maximum Gasteiger partial charge on any atom is -1.00 e. The van der Waals surface area contributed by atoms with E-state index >= 15 is 0 Å². The second-order valence-corrected chi connectivity index (χ2v) is 159. The Hall–Kier alpha value is 0.410. The van der Waals surface area contributed by atoms with Crippen LogP contribution in [0.5, 0.6) is 0 Å². The number of hydrogen-bond acceptors (Lipinski definition) is 0. The first-order valence-corrected chi connectivity index (χ1v) is 42.1. The molecule has 0 saturated carbocycles. The molecule has 0 bridgehead atoms. The average Bonchev–Trinajstić information content (AvgIpc) is 2.96. The number of halogens is 2. The van der Waals surface area contributed by atoms with Crippen LogP contribution in [-0.4, -0.2) is 0 Å². The fourth-order valence-electron chi connectivity index (χ4n) is 7.76. The van der Waals surface area contributed by atoms with Crippen LogP contribution in [0.4, 0.5) is 0 Å². The van der Waals surface area contributed by atoms with Crippen molar-refractivity contribution in [3.8, 4) is 0 Å². The second-order valence-electron chi connectivity index (χ2n) is 22.3. The van der Waals surface area contributed by atoms with Crippen LogP contribution < -0.4 is 24.8 Å². The Morgan fingerprint density at radius 2 is 0.720 bits per heavy atom. The molecule has 0 saturated heterocycles. The Balaban J connectivity index is 0.00000288. The van der Waals surface area contributed by atoms with Crippen LogP contribution in [0, 0.1) is 0 Å². The summed E-state index contributed by atoms with van der Waals surface area (Å²) in [5.41, 5.74) is 0. The van der Waals surface area contributed by atoms with Gasteiger partial charge < -0.3 is 24.8 Å². The fraction of sp³-hybridized carbons (Fsp3) is 0.636. The van der Waals surface area contributed by atoms with E-state index in [1.807, 2.05) is 0 Å². The predicted molar refractivity (Wildman–Crippen MR) is 109 cm³/mol. The van der Waals surface area contributed by atoms with Gasteiger partial charge in [0.2, 0.25) is 0 Å². The Kier molecular flexibility index (Phi) is 2.99. The molecule has 2 aliphatic carbocycles. The van der Waals surface area contributed by atoms with Gasteiger partial charge in [-0.05, 0) is 0 Å². The zero-order chi connectivity index (χ0) is 18.4. The molecular weight excluding hydrogens is 514 g/mol. The molecule has 0 aromatic carbocycles. The van der Waals surface area contributed by atoms with Crippen molar-refractivity contribution >= 4 is 0 Å². The first-order chi connectivity index (χ1) is 9.38. The first kappa shape index (κ1) is 25.4. The van der Waals surface area contributed by atoms with Crippen LogP contribution in [0.3, 0.4) is 0 Å². The molecule has 0 amide bonds. The molecule has 25 heavy (non-hydrogen) atoms.